The van der Waals surface area contributed by atoms with E-state index in [9.17, 15) is 45.0 Å². The first-order chi connectivity index (χ1) is 23.5. The van der Waals surface area contributed by atoms with Crippen LogP contribution in [-0.4, -0.2) is 133 Å². The molecule has 2 fully saturated rings. The number of likely N-dealkylation sites (tertiary alicyclic amines) is 1. The molecule has 0 radical (unpaired) electrons. The van der Waals surface area contributed by atoms with Gasteiger partial charge in [0.2, 0.25) is 5.91 Å². The molecule has 1 aromatic carbocycles. The second-order valence-electron chi connectivity index (χ2n) is 12.2. The zero-order chi connectivity index (χ0) is 35.5. The van der Waals surface area contributed by atoms with Crippen LogP contribution in [0.15, 0.2) is 41.6 Å². The Morgan fingerprint density at radius 2 is 1.82 bits per heavy atom. The summed E-state index contributed by atoms with van der Waals surface area (Å²) < 4.78 is 11.0. The number of phenols is 2. The van der Waals surface area contributed by atoms with E-state index in [2.05, 4.69) is 10.5 Å². The average molecular weight is 708 g/mol. The number of allylic oxidation sites excluding steroid dienone is 1. The highest BCUT2D eigenvalue weighted by Crippen LogP contribution is 2.30. The molecule has 1 aromatic rings. The molecule has 2 unspecified atom stereocenters. The topological polar surface area (TPSA) is 228 Å². The third-order valence-electron chi connectivity index (χ3n) is 8.26. The van der Waals surface area contributed by atoms with Gasteiger partial charge in [-0.3, -0.25) is 9.59 Å². The highest BCUT2D eigenvalue weighted by Gasteiger charge is 2.43. The number of nitrogens with zero attached hydrogens (tertiary/aromatic N) is 2. The number of esters is 1. The molecule has 7 N–H and O–H groups in total. The van der Waals surface area contributed by atoms with E-state index in [1.807, 2.05) is 0 Å². The molecule has 3 aliphatic rings. The number of fused-ring (bicyclic) bond motifs is 1. The summed E-state index contributed by atoms with van der Waals surface area (Å²) in [6.45, 7) is 2.07. The molecular weight excluding hydrogens is 662 g/mol. The van der Waals surface area contributed by atoms with Gasteiger partial charge in [0, 0.05) is 32.0 Å². The number of aliphatic hydroxyl groups is 4. The van der Waals surface area contributed by atoms with E-state index in [0.717, 1.165) is 37.1 Å². The molecule has 4 rings (SSSR count). The van der Waals surface area contributed by atoms with Crippen LogP contribution in [0.4, 0.5) is 0 Å². The molecule has 49 heavy (non-hydrogen) atoms. The third kappa shape index (κ3) is 10.9. The number of piperidine rings is 1. The Bertz CT molecular complexity index is 1400. The van der Waals surface area contributed by atoms with Gasteiger partial charge < -0.3 is 55.2 Å². The molecule has 3 aliphatic heterocycles. The van der Waals surface area contributed by atoms with Crippen molar-refractivity contribution in [1.29, 1.82) is 0 Å². The van der Waals surface area contributed by atoms with Crippen molar-refractivity contribution in [1.82, 2.24) is 10.2 Å². The monoisotopic (exact) mass is 707 g/mol. The van der Waals surface area contributed by atoms with Crippen molar-refractivity contribution in [3.63, 3.8) is 0 Å². The molecule has 2 saturated heterocycles. The van der Waals surface area contributed by atoms with Crippen LogP contribution in [0.3, 0.4) is 0 Å². The van der Waals surface area contributed by atoms with Crippen LogP contribution >= 0.6 is 11.8 Å². The Hall–Kier alpha value is -3.67. The molecule has 0 aliphatic carbocycles. The number of benzene rings is 1. The van der Waals surface area contributed by atoms with Gasteiger partial charge >= 0.3 is 5.97 Å². The smallest absolute Gasteiger partial charge is 0.342 e. The van der Waals surface area contributed by atoms with Crippen LogP contribution in [0, 0.1) is 0 Å². The summed E-state index contributed by atoms with van der Waals surface area (Å²) in [4.78, 5) is 45.9. The van der Waals surface area contributed by atoms with Gasteiger partial charge in [-0.2, -0.15) is 0 Å². The normalized spacial score (nSPS) is 30.4. The Balaban J connectivity index is 1.50. The van der Waals surface area contributed by atoms with E-state index < -0.39 is 66.2 Å². The summed E-state index contributed by atoms with van der Waals surface area (Å²) in [6.07, 6.45) is 3.85. The Morgan fingerprint density at radius 1 is 1.06 bits per heavy atom. The molecule has 7 atom stereocenters. The van der Waals surface area contributed by atoms with Crippen molar-refractivity contribution < 1.29 is 59.3 Å². The number of amides is 2. The number of carbonyl (C=O) groups excluding carboxylic acids is 3. The Labute approximate surface area is 288 Å². The highest BCUT2D eigenvalue weighted by molar-refractivity contribution is 8.00. The second-order valence-corrected chi connectivity index (χ2v) is 13.3. The first-order valence-corrected chi connectivity index (χ1v) is 17.3. The minimum Gasteiger partial charge on any atom is -0.508 e. The van der Waals surface area contributed by atoms with Crippen LogP contribution in [0.2, 0.25) is 0 Å². The predicted molar refractivity (Wildman–Crippen MR) is 178 cm³/mol. The largest absolute Gasteiger partial charge is 0.508 e. The number of cyclic esters (lactones) is 1. The van der Waals surface area contributed by atoms with E-state index in [1.54, 1.807) is 36.1 Å². The van der Waals surface area contributed by atoms with Crippen molar-refractivity contribution >= 4 is 35.3 Å². The van der Waals surface area contributed by atoms with Crippen LogP contribution in [0.25, 0.3) is 0 Å². The van der Waals surface area contributed by atoms with Crippen molar-refractivity contribution in [2.45, 2.75) is 87.4 Å². The fourth-order valence-corrected chi connectivity index (χ4v) is 6.62. The quantitative estimate of drug-likeness (QED) is 0.111. The van der Waals surface area contributed by atoms with Crippen LogP contribution in [0.1, 0.15) is 54.9 Å². The van der Waals surface area contributed by atoms with Gasteiger partial charge in [0.15, 0.2) is 6.61 Å². The molecule has 2 amide bonds. The number of phenolic OH excluding ortho intramolecular Hbond substituents is 2. The zero-order valence-electron chi connectivity index (χ0n) is 27.2. The number of rotatable bonds is 8. The number of nitrogens with one attached hydrogen (secondary N) is 1. The minimum atomic E-state index is -1.56. The zero-order valence-corrected chi connectivity index (χ0v) is 28.0. The predicted octanol–water partition coefficient (Wildman–Crippen LogP) is 0.495. The minimum absolute atomic E-state index is 0.0855. The lowest BCUT2D eigenvalue weighted by Gasteiger charge is -2.39. The lowest BCUT2D eigenvalue weighted by molar-refractivity contribution is -0.205. The molecule has 270 valence electrons. The maximum Gasteiger partial charge on any atom is 0.342 e. The number of carbonyl (C=O) groups is 3. The second kappa shape index (κ2) is 18.4. The molecular formula is C33H45N3O12S. The van der Waals surface area contributed by atoms with E-state index in [4.69, 9.17) is 14.3 Å². The van der Waals surface area contributed by atoms with E-state index >= 15 is 0 Å². The molecule has 0 bridgehead atoms. The van der Waals surface area contributed by atoms with Gasteiger partial charge in [0.1, 0.15) is 53.0 Å². The van der Waals surface area contributed by atoms with Gasteiger partial charge in [0.25, 0.3) is 5.91 Å². The summed E-state index contributed by atoms with van der Waals surface area (Å²) in [5, 5.41) is 67.6. The lowest BCUT2D eigenvalue weighted by atomic mass is 9.99. The molecule has 0 aromatic heterocycles. The lowest BCUT2D eigenvalue weighted by Crippen LogP contribution is -2.57. The molecule has 3 heterocycles. The number of hydrogen-bond donors (Lipinski definition) is 7. The maximum absolute atomic E-state index is 13.2. The highest BCUT2D eigenvalue weighted by atomic mass is 32.2. The maximum atomic E-state index is 13.2. The average Bonchev–Trinajstić information content (AvgIpc) is 3.06. The number of aliphatic hydroxyl groups excluding tert-OH is 4. The van der Waals surface area contributed by atoms with Crippen molar-refractivity contribution in [3.05, 3.63) is 47.6 Å². The summed E-state index contributed by atoms with van der Waals surface area (Å²) in [6, 6.07) is 1.80. The number of oxime groups is 1. The van der Waals surface area contributed by atoms with Crippen molar-refractivity contribution in [3.8, 4) is 11.5 Å². The SMILES string of the molecule is C[C@@H]1C/C=C/[C@H](NC(=O)CS[C@H]2OC(CO)[C@H](O)C(O)[C@H]2O)C/C=C/C(=N/OCC(=O)N2CCCCC2)Cc2cc(O)cc(O)c2C(=O)O1. The van der Waals surface area contributed by atoms with Gasteiger partial charge in [0.05, 0.1) is 24.1 Å². The summed E-state index contributed by atoms with van der Waals surface area (Å²) in [5.41, 5.74) is -0.744. The van der Waals surface area contributed by atoms with Crippen LogP contribution in [-0.2, 0) is 30.3 Å². The molecule has 16 heteroatoms. The number of hydrogen-bond acceptors (Lipinski definition) is 14. The number of thioether (sulfide) groups is 1. The van der Waals surface area contributed by atoms with Gasteiger partial charge in [-0.15, -0.1) is 11.8 Å². The summed E-state index contributed by atoms with van der Waals surface area (Å²) >= 11 is 0.900. The van der Waals surface area contributed by atoms with Gasteiger partial charge in [-0.05, 0) is 50.3 Å². The van der Waals surface area contributed by atoms with Gasteiger partial charge in [-0.1, -0.05) is 23.4 Å². The van der Waals surface area contributed by atoms with Crippen molar-refractivity contribution in [2.75, 3.05) is 32.1 Å². The summed E-state index contributed by atoms with van der Waals surface area (Å²) in [7, 11) is 0. The molecule has 15 nitrogen and oxygen atoms in total. The number of aromatic hydroxyl groups is 2. The Kier molecular flexibility index (Phi) is 14.3. The number of ether oxygens (including phenoxy) is 2. The van der Waals surface area contributed by atoms with E-state index in [-0.39, 0.29) is 60.1 Å². The molecule has 0 spiro atoms. The Morgan fingerprint density at radius 3 is 2.55 bits per heavy atom. The fourth-order valence-electron chi connectivity index (χ4n) is 5.64. The standard InChI is InChI=1S/C33H45N3O12S/c1-19-7-5-8-21(34-26(40)18-49-33-31(44)30(43)29(42)25(16-37)48-33)9-6-10-22(35-46-17-27(41)36-11-3-2-4-12-36)13-20-14-23(38)15-24(39)28(20)32(45)47-19/h5-6,8,10,14-15,19,21,25,29-31,33,37-39,42-44H,2-4,7,9,11-13,16-18H2,1H3,(H,34,40)/b8-5+,10-6+,35-22-/t19-,21+,25?,29+,30?,31-,33-/m1/s1. The molecule has 0 saturated carbocycles. The van der Waals surface area contributed by atoms with Crippen LogP contribution < -0.4 is 5.32 Å². The third-order valence-corrected chi connectivity index (χ3v) is 9.40. The van der Waals surface area contributed by atoms with Crippen LogP contribution in [0.5, 0.6) is 11.5 Å². The first kappa shape index (κ1) is 38.1. The van der Waals surface area contributed by atoms with Crippen molar-refractivity contribution in [2.24, 2.45) is 5.16 Å². The summed E-state index contributed by atoms with van der Waals surface area (Å²) in [5.74, 6) is -2.39. The fraction of sp³-hybridized carbons (Fsp3) is 0.576. The van der Waals surface area contributed by atoms with E-state index in [0.29, 0.717) is 13.1 Å². The first-order valence-electron chi connectivity index (χ1n) is 16.2. The van der Waals surface area contributed by atoms with E-state index in [1.165, 1.54) is 6.07 Å². The van der Waals surface area contributed by atoms with Gasteiger partial charge in [-0.25, -0.2) is 4.79 Å².